The van der Waals surface area contributed by atoms with Gasteiger partial charge < -0.3 is 0 Å². The van der Waals surface area contributed by atoms with Crippen molar-refractivity contribution < 1.29 is 14.1 Å². The molecule has 2 aromatic rings. The predicted molar refractivity (Wildman–Crippen MR) is 67.9 cm³/mol. The van der Waals surface area contributed by atoms with Gasteiger partial charge in [0, 0.05) is 25.3 Å². The molecule has 0 aliphatic rings. The van der Waals surface area contributed by atoms with Crippen LogP contribution < -0.4 is 4.90 Å². The van der Waals surface area contributed by atoms with E-state index in [4.69, 9.17) is 0 Å². The third kappa shape index (κ3) is 2.74. The third-order valence-corrected chi connectivity index (χ3v) is 2.43. The Kier molecular flexibility index (Phi) is 3.65. The molecule has 2 rings (SSSR count). The van der Waals surface area contributed by atoms with Gasteiger partial charge in [-0.3, -0.25) is 24.8 Å². The lowest BCUT2D eigenvalue weighted by atomic mass is 10.3. The Morgan fingerprint density at radius 1 is 1.40 bits per heavy atom. The SMILES string of the molecule is CC(=O)N(c1cncc(F)c1)c1cc([N+](=O)[O-])ccn1. The van der Waals surface area contributed by atoms with Gasteiger partial charge in [0.05, 0.1) is 29.1 Å². The number of pyridine rings is 2. The molecule has 0 aromatic carbocycles. The molecule has 0 saturated heterocycles. The number of hydrogen-bond donors (Lipinski definition) is 0. The topological polar surface area (TPSA) is 89.2 Å². The molecule has 0 aliphatic heterocycles. The Labute approximate surface area is 112 Å². The van der Waals surface area contributed by atoms with Crippen molar-refractivity contribution in [1.29, 1.82) is 0 Å². The van der Waals surface area contributed by atoms with Crippen molar-refractivity contribution in [3.8, 4) is 0 Å². The standard InChI is InChI=1S/C12H9FN4O3/c1-8(18)16(11-4-9(13)6-14-7-11)12-5-10(17(19)20)2-3-15-12/h2-7H,1H3. The summed E-state index contributed by atoms with van der Waals surface area (Å²) in [6, 6.07) is 3.42. The number of halogens is 1. The molecule has 2 aromatic heterocycles. The van der Waals surface area contributed by atoms with Crippen LogP contribution >= 0.6 is 0 Å². The summed E-state index contributed by atoms with van der Waals surface area (Å²) in [6.45, 7) is 1.24. The Hall–Kier alpha value is -2.90. The molecule has 0 bridgehead atoms. The van der Waals surface area contributed by atoms with Crippen LogP contribution in [-0.2, 0) is 4.79 Å². The number of nitrogens with zero attached hydrogens (tertiary/aromatic N) is 4. The molecule has 2 heterocycles. The summed E-state index contributed by atoms with van der Waals surface area (Å²) in [5.41, 5.74) is -0.0730. The Bertz CT molecular complexity index is 677. The van der Waals surface area contributed by atoms with E-state index in [0.29, 0.717) is 0 Å². The van der Waals surface area contributed by atoms with Crippen molar-refractivity contribution in [2.24, 2.45) is 0 Å². The highest BCUT2D eigenvalue weighted by molar-refractivity contribution is 5.98. The normalized spacial score (nSPS) is 10.1. The summed E-state index contributed by atoms with van der Waals surface area (Å²) >= 11 is 0. The van der Waals surface area contributed by atoms with E-state index in [1.165, 1.54) is 25.4 Å². The van der Waals surface area contributed by atoms with Crippen LogP contribution in [0.1, 0.15) is 6.92 Å². The second-order valence-corrected chi connectivity index (χ2v) is 3.85. The maximum atomic E-state index is 13.2. The molecule has 0 aliphatic carbocycles. The number of nitro groups is 1. The number of carbonyl (C=O) groups is 1. The first-order chi connectivity index (χ1) is 9.49. The Morgan fingerprint density at radius 2 is 2.15 bits per heavy atom. The molecule has 102 valence electrons. The minimum absolute atomic E-state index is 0.0269. The highest BCUT2D eigenvalue weighted by atomic mass is 19.1. The lowest BCUT2D eigenvalue weighted by molar-refractivity contribution is -0.384. The van der Waals surface area contributed by atoms with Gasteiger partial charge in [-0.25, -0.2) is 9.37 Å². The summed E-state index contributed by atoms with van der Waals surface area (Å²) in [5, 5.41) is 10.7. The van der Waals surface area contributed by atoms with Crippen molar-refractivity contribution in [2.75, 3.05) is 4.90 Å². The van der Waals surface area contributed by atoms with E-state index in [1.54, 1.807) is 0 Å². The number of aromatic nitrogens is 2. The zero-order valence-corrected chi connectivity index (χ0v) is 10.4. The largest absolute Gasteiger partial charge is 0.274 e. The predicted octanol–water partition coefficient (Wildman–Crippen LogP) is 2.21. The molecule has 0 fully saturated rings. The average Bonchev–Trinajstić information content (AvgIpc) is 2.39. The first-order valence-electron chi connectivity index (χ1n) is 5.50. The van der Waals surface area contributed by atoms with Gasteiger partial charge in [0.1, 0.15) is 11.6 Å². The second kappa shape index (κ2) is 5.39. The zero-order chi connectivity index (χ0) is 14.7. The second-order valence-electron chi connectivity index (χ2n) is 3.85. The van der Waals surface area contributed by atoms with Crippen molar-refractivity contribution in [2.45, 2.75) is 6.92 Å². The molecule has 0 unspecified atom stereocenters. The molecule has 0 N–H and O–H groups in total. The quantitative estimate of drug-likeness (QED) is 0.633. The first kappa shape index (κ1) is 13.5. The summed E-state index contributed by atoms with van der Waals surface area (Å²) < 4.78 is 13.2. The molecule has 1 amide bonds. The molecule has 0 spiro atoms. The third-order valence-electron chi connectivity index (χ3n) is 2.43. The van der Waals surface area contributed by atoms with Crippen molar-refractivity contribution in [3.05, 3.63) is 52.7 Å². The van der Waals surface area contributed by atoms with Crippen molar-refractivity contribution in [1.82, 2.24) is 9.97 Å². The lowest BCUT2D eigenvalue weighted by Gasteiger charge is -2.19. The van der Waals surface area contributed by atoms with E-state index in [9.17, 15) is 19.3 Å². The van der Waals surface area contributed by atoms with Gasteiger partial charge in [0.2, 0.25) is 5.91 Å². The fourth-order valence-electron chi connectivity index (χ4n) is 1.64. The number of amides is 1. The smallest absolute Gasteiger partial charge is 0.274 e. The van der Waals surface area contributed by atoms with Gasteiger partial charge >= 0.3 is 0 Å². The fourth-order valence-corrected chi connectivity index (χ4v) is 1.64. The van der Waals surface area contributed by atoms with Crippen LogP contribution in [0.2, 0.25) is 0 Å². The summed E-state index contributed by atoms with van der Waals surface area (Å²) in [6.07, 6.45) is 3.46. The summed E-state index contributed by atoms with van der Waals surface area (Å²) in [5.74, 6) is -1.07. The maximum Gasteiger partial charge on any atom is 0.274 e. The highest BCUT2D eigenvalue weighted by Gasteiger charge is 2.19. The Morgan fingerprint density at radius 3 is 2.75 bits per heavy atom. The Balaban J connectivity index is 2.52. The van der Waals surface area contributed by atoms with Crippen LogP contribution in [-0.4, -0.2) is 20.8 Å². The van der Waals surface area contributed by atoms with Crippen LogP contribution in [0.3, 0.4) is 0 Å². The van der Waals surface area contributed by atoms with Crippen LogP contribution in [0.4, 0.5) is 21.6 Å². The van der Waals surface area contributed by atoms with E-state index in [2.05, 4.69) is 9.97 Å². The van der Waals surface area contributed by atoms with Gasteiger partial charge in [0.15, 0.2) is 0 Å². The number of hydrogen-bond acceptors (Lipinski definition) is 5. The molecule has 0 atom stereocenters. The molecule has 0 radical (unpaired) electrons. The van der Waals surface area contributed by atoms with Gasteiger partial charge in [-0.2, -0.15) is 0 Å². The first-order valence-corrected chi connectivity index (χ1v) is 5.50. The van der Waals surface area contributed by atoms with E-state index in [0.717, 1.165) is 23.2 Å². The van der Waals surface area contributed by atoms with Gasteiger partial charge in [-0.05, 0) is 0 Å². The molecule has 7 nitrogen and oxygen atoms in total. The summed E-state index contributed by atoms with van der Waals surface area (Å²) in [7, 11) is 0. The monoisotopic (exact) mass is 276 g/mol. The minimum atomic E-state index is -0.626. The molecular formula is C12H9FN4O3. The van der Waals surface area contributed by atoms with Crippen LogP contribution in [0.25, 0.3) is 0 Å². The van der Waals surface area contributed by atoms with Crippen LogP contribution in [0.15, 0.2) is 36.8 Å². The number of rotatable bonds is 3. The van der Waals surface area contributed by atoms with E-state index < -0.39 is 16.6 Å². The van der Waals surface area contributed by atoms with Crippen LogP contribution in [0, 0.1) is 15.9 Å². The zero-order valence-electron chi connectivity index (χ0n) is 10.4. The van der Waals surface area contributed by atoms with Gasteiger partial charge in [-0.1, -0.05) is 0 Å². The molecular weight excluding hydrogens is 267 g/mol. The highest BCUT2D eigenvalue weighted by Crippen LogP contribution is 2.26. The minimum Gasteiger partial charge on any atom is -0.274 e. The van der Waals surface area contributed by atoms with E-state index in [1.807, 2.05) is 0 Å². The van der Waals surface area contributed by atoms with Gasteiger partial charge in [-0.15, -0.1) is 0 Å². The van der Waals surface area contributed by atoms with E-state index >= 15 is 0 Å². The number of anilines is 2. The average molecular weight is 276 g/mol. The molecule has 8 heteroatoms. The number of carbonyl (C=O) groups excluding carboxylic acids is 1. The molecule has 0 saturated carbocycles. The lowest BCUT2D eigenvalue weighted by Crippen LogP contribution is -2.24. The van der Waals surface area contributed by atoms with Crippen molar-refractivity contribution in [3.63, 3.8) is 0 Å². The molecule has 20 heavy (non-hydrogen) atoms. The van der Waals surface area contributed by atoms with Gasteiger partial charge in [0.25, 0.3) is 5.69 Å². The van der Waals surface area contributed by atoms with E-state index in [-0.39, 0.29) is 17.2 Å². The maximum absolute atomic E-state index is 13.2. The van der Waals surface area contributed by atoms with Crippen molar-refractivity contribution >= 4 is 23.1 Å². The van der Waals surface area contributed by atoms with Crippen LogP contribution in [0.5, 0.6) is 0 Å². The fraction of sp³-hybridized carbons (Fsp3) is 0.0833. The summed E-state index contributed by atoms with van der Waals surface area (Å²) in [4.78, 5) is 30.4.